The number of rotatable bonds is 6. The molecule has 0 saturated heterocycles. The zero-order chi connectivity index (χ0) is 16.8. The van der Waals surface area contributed by atoms with E-state index in [1.165, 1.54) is 0 Å². The minimum atomic E-state index is 0.551. The van der Waals surface area contributed by atoms with Crippen molar-refractivity contribution in [3.63, 3.8) is 0 Å². The molecule has 0 aliphatic carbocycles. The first-order valence-electron chi connectivity index (χ1n) is 7.80. The number of nitrogens with zero attached hydrogens (tertiary/aromatic N) is 3. The van der Waals surface area contributed by atoms with Gasteiger partial charge < -0.3 is 10.1 Å². The minimum Gasteiger partial charge on any atom is -0.496 e. The molecule has 120 valence electrons. The first kappa shape index (κ1) is 16.8. The van der Waals surface area contributed by atoms with E-state index in [1.807, 2.05) is 32.9 Å². The van der Waals surface area contributed by atoms with Crippen LogP contribution in [0.4, 0.5) is 5.82 Å². The van der Waals surface area contributed by atoms with E-state index in [-0.39, 0.29) is 0 Å². The summed E-state index contributed by atoms with van der Waals surface area (Å²) in [5.74, 6) is 1.42. The summed E-state index contributed by atoms with van der Waals surface area (Å²) in [5, 5.41) is 21.2. The van der Waals surface area contributed by atoms with Crippen LogP contribution in [0.15, 0.2) is 18.2 Å². The van der Waals surface area contributed by atoms with E-state index in [0.29, 0.717) is 17.9 Å². The Kier molecular flexibility index (Phi) is 5.53. The van der Waals surface area contributed by atoms with Gasteiger partial charge in [0.05, 0.1) is 12.8 Å². The fraction of sp³-hybridized carbons (Fsp3) is 0.389. The Bertz CT molecular complexity index is 735. The number of benzene rings is 1. The predicted octanol–water partition coefficient (Wildman–Crippen LogP) is 3.40. The highest BCUT2D eigenvalue weighted by molar-refractivity contribution is 5.56. The smallest absolute Gasteiger partial charge is 0.167 e. The van der Waals surface area contributed by atoms with Crippen LogP contribution >= 0.6 is 0 Å². The van der Waals surface area contributed by atoms with Gasteiger partial charge in [-0.3, -0.25) is 0 Å². The summed E-state index contributed by atoms with van der Waals surface area (Å²) in [7, 11) is 1.66. The van der Waals surface area contributed by atoms with E-state index < -0.39 is 0 Å². The van der Waals surface area contributed by atoms with Crippen molar-refractivity contribution in [3.8, 4) is 11.8 Å². The fourth-order valence-corrected chi connectivity index (χ4v) is 2.65. The number of anilines is 1. The van der Waals surface area contributed by atoms with Gasteiger partial charge in [0.15, 0.2) is 5.82 Å². The van der Waals surface area contributed by atoms with Gasteiger partial charge in [-0.15, -0.1) is 5.10 Å². The van der Waals surface area contributed by atoms with Crippen LogP contribution in [0.5, 0.6) is 5.75 Å². The molecule has 0 spiro atoms. The molecule has 0 aliphatic rings. The highest BCUT2D eigenvalue weighted by atomic mass is 16.5. The molecule has 1 N–H and O–H groups in total. The Labute approximate surface area is 137 Å². The number of hydrogen-bond acceptors (Lipinski definition) is 5. The maximum absolute atomic E-state index is 9.49. The van der Waals surface area contributed by atoms with Gasteiger partial charge in [-0.2, -0.15) is 10.4 Å². The molecular weight excluding hydrogens is 288 g/mol. The van der Waals surface area contributed by atoms with Crippen LogP contribution in [-0.4, -0.2) is 17.3 Å². The third-order valence-electron chi connectivity index (χ3n) is 3.88. The number of hydrogen-bond donors (Lipinski definition) is 1. The van der Waals surface area contributed by atoms with Crippen molar-refractivity contribution in [1.82, 2.24) is 10.2 Å². The quantitative estimate of drug-likeness (QED) is 0.885. The lowest BCUT2D eigenvalue weighted by Gasteiger charge is -2.13. The molecule has 0 saturated carbocycles. The van der Waals surface area contributed by atoms with Crippen molar-refractivity contribution < 1.29 is 4.74 Å². The molecule has 2 aromatic rings. The molecule has 0 radical (unpaired) electrons. The summed E-state index contributed by atoms with van der Waals surface area (Å²) in [4.78, 5) is 0. The lowest BCUT2D eigenvalue weighted by atomic mass is 10.0. The number of aromatic nitrogens is 2. The third kappa shape index (κ3) is 3.59. The molecule has 0 unspecified atom stereocenters. The van der Waals surface area contributed by atoms with Gasteiger partial charge in [-0.05, 0) is 42.5 Å². The van der Waals surface area contributed by atoms with Gasteiger partial charge in [0, 0.05) is 6.54 Å². The van der Waals surface area contributed by atoms with Crippen molar-refractivity contribution in [2.45, 2.75) is 40.2 Å². The largest absolute Gasteiger partial charge is 0.496 e. The summed E-state index contributed by atoms with van der Waals surface area (Å²) in [6.07, 6.45) is 1.56. The summed E-state index contributed by atoms with van der Waals surface area (Å²) in [6.45, 7) is 6.65. The lowest BCUT2D eigenvalue weighted by Crippen LogP contribution is -2.10. The molecule has 0 fully saturated rings. The van der Waals surface area contributed by atoms with Crippen molar-refractivity contribution in [1.29, 1.82) is 5.26 Å². The van der Waals surface area contributed by atoms with E-state index in [9.17, 15) is 5.26 Å². The second-order valence-electron chi connectivity index (χ2n) is 5.33. The molecule has 1 aromatic carbocycles. The van der Waals surface area contributed by atoms with Crippen LogP contribution in [0.1, 0.15) is 41.8 Å². The fourth-order valence-electron chi connectivity index (χ4n) is 2.65. The third-order valence-corrected chi connectivity index (χ3v) is 3.88. The molecule has 1 aromatic heterocycles. The van der Waals surface area contributed by atoms with Crippen molar-refractivity contribution in [3.05, 3.63) is 46.1 Å². The Hall–Kier alpha value is -2.61. The molecule has 23 heavy (non-hydrogen) atoms. The van der Waals surface area contributed by atoms with Crippen molar-refractivity contribution in [2.75, 3.05) is 12.4 Å². The normalized spacial score (nSPS) is 10.2. The second kappa shape index (κ2) is 7.59. The molecule has 5 heteroatoms. The molecule has 0 amide bonds. The van der Waals surface area contributed by atoms with Gasteiger partial charge in [0.1, 0.15) is 17.4 Å². The molecule has 1 heterocycles. The van der Waals surface area contributed by atoms with Gasteiger partial charge in [0.2, 0.25) is 0 Å². The number of nitrogens with one attached hydrogen (secondary N) is 1. The number of ether oxygens (including phenoxy) is 1. The molecular formula is C18H22N4O. The van der Waals surface area contributed by atoms with Crippen LogP contribution in [0.2, 0.25) is 0 Å². The van der Waals surface area contributed by atoms with Gasteiger partial charge >= 0.3 is 0 Å². The van der Waals surface area contributed by atoms with E-state index in [4.69, 9.17) is 4.74 Å². The molecule has 0 atom stereocenters. The Morgan fingerprint density at radius 3 is 2.57 bits per heavy atom. The maximum Gasteiger partial charge on any atom is 0.167 e. The Balaban J connectivity index is 2.24. The SMILES string of the molecule is CCc1nnc(NCc2ccc(OC)c(C)c2)c(C#N)c1CC. The van der Waals surface area contributed by atoms with Crippen molar-refractivity contribution >= 4 is 5.82 Å². The topological polar surface area (TPSA) is 70.8 Å². The molecule has 2 rings (SSSR count). The van der Waals surface area contributed by atoms with Crippen LogP contribution < -0.4 is 10.1 Å². The predicted molar refractivity (Wildman–Crippen MR) is 90.6 cm³/mol. The first-order valence-corrected chi connectivity index (χ1v) is 7.80. The van der Waals surface area contributed by atoms with Crippen LogP contribution in [0.3, 0.4) is 0 Å². The second-order valence-corrected chi connectivity index (χ2v) is 5.33. The summed E-state index contributed by atoms with van der Waals surface area (Å²) >= 11 is 0. The van der Waals surface area contributed by atoms with E-state index in [1.54, 1.807) is 7.11 Å². The van der Waals surface area contributed by atoms with E-state index in [0.717, 1.165) is 41.0 Å². The lowest BCUT2D eigenvalue weighted by molar-refractivity contribution is 0.411. The Morgan fingerprint density at radius 1 is 1.22 bits per heavy atom. The number of methoxy groups -OCH3 is 1. The average molecular weight is 310 g/mol. The number of nitriles is 1. The monoisotopic (exact) mass is 310 g/mol. The first-order chi connectivity index (χ1) is 11.1. The standard InChI is InChI=1S/C18H22N4O/c1-5-14-15(10-19)18(22-21-16(14)6-2)20-11-13-7-8-17(23-4)12(3)9-13/h7-9H,5-6,11H2,1-4H3,(H,20,22). The molecule has 0 bridgehead atoms. The van der Waals surface area contributed by atoms with Crippen LogP contribution in [-0.2, 0) is 19.4 Å². The van der Waals surface area contributed by atoms with Gasteiger partial charge in [-0.1, -0.05) is 26.0 Å². The van der Waals surface area contributed by atoms with Crippen LogP contribution in [0, 0.1) is 18.3 Å². The zero-order valence-corrected chi connectivity index (χ0v) is 14.1. The van der Waals surface area contributed by atoms with E-state index in [2.05, 4.69) is 27.6 Å². The van der Waals surface area contributed by atoms with Gasteiger partial charge in [-0.25, -0.2) is 0 Å². The highest BCUT2D eigenvalue weighted by Gasteiger charge is 2.14. The van der Waals surface area contributed by atoms with Crippen LogP contribution in [0.25, 0.3) is 0 Å². The zero-order valence-electron chi connectivity index (χ0n) is 14.1. The maximum atomic E-state index is 9.49. The van der Waals surface area contributed by atoms with E-state index >= 15 is 0 Å². The van der Waals surface area contributed by atoms with Gasteiger partial charge in [0.25, 0.3) is 0 Å². The Morgan fingerprint density at radius 2 is 2.00 bits per heavy atom. The summed E-state index contributed by atoms with van der Waals surface area (Å²) in [6, 6.07) is 8.28. The molecule has 0 aliphatic heterocycles. The highest BCUT2D eigenvalue weighted by Crippen LogP contribution is 2.22. The summed E-state index contributed by atoms with van der Waals surface area (Å²) < 4.78 is 5.27. The minimum absolute atomic E-state index is 0.551. The molecule has 5 nitrogen and oxygen atoms in total. The summed E-state index contributed by atoms with van der Waals surface area (Å²) in [5.41, 5.74) is 4.67. The average Bonchev–Trinajstić information content (AvgIpc) is 2.58. The number of aryl methyl sites for hydroxylation is 2. The van der Waals surface area contributed by atoms with Crippen molar-refractivity contribution in [2.24, 2.45) is 0 Å².